The molecule has 1 heterocycles. The highest BCUT2D eigenvalue weighted by Gasteiger charge is 2.27. The summed E-state index contributed by atoms with van der Waals surface area (Å²) < 4.78 is 0. The Labute approximate surface area is 110 Å². The van der Waals surface area contributed by atoms with Gasteiger partial charge >= 0.3 is 5.97 Å². The van der Waals surface area contributed by atoms with Crippen molar-refractivity contribution >= 4 is 5.97 Å². The van der Waals surface area contributed by atoms with E-state index in [1.165, 1.54) is 0 Å². The van der Waals surface area contributed by atoms with Crippen molar-refractivity contribution in [2.24, 2.45) is 0 Å². The number of aliphatic carboxylic acids is 1. The predicted molar refractivity (Wildman–Crippen MR) is 72.8 cm³/mol. The lowest BCUT2D eigenvalue weighted by atomic mass is 10.1. The third-order valence-electron chi connectivity index (χ3n) is 3.53. The van der Waals surface area contributed by atoms with Crippen molar-refractivity contribution in [3.05, 3.63) is 0 Å². The van der Waals surface area contributed by atoms with Crippen LogP contribution in [0.1, 0.15) is 27.7 Å². The van der Waals surface area contributed by atoms with Crippen molar-refractivity contribution in [3.8, 4) is 0 Å². The lowest BCUT2D eigenvalue weighted by Crippen LogP contribution is -2.56. The normalized spacial score (nSPS) is 24.4. The van der Waals surface area contributed by atoms with Crippen LogP contribution >= 0.6 is 0 Å². The Morgan fingerprint density at radius 2 is 2.11 bits per heavy atom. The van der Waals surface area contributed by atoms with Gasteiger partial charge in [-0.2, -0.15) is 0 Å². The number of carbonyl (C=O) groups is 1. The van der Waals surface area contributed by atoms with Gasteiger partial charge < -0.3 is 10.4 Å². The highest BCUT2D eigenvalue weighted by Crippen LogP contribution is 2.09. The Morgan fingerprint density at radius 3 is 2.56 bits per heavy atom. The Hall–Kier alpha value is -0.650. The number of rotatable bonds is 6. The van der Waals surface area contributed by atoms with Crippen LogP contribution in [-0.4, -0.2) is 71.7 Å². The van der Waals surface area contributed by atoms with E-state index in [1.807, 2.05) is 13.8 Å². The van der Waals surface area contributed by atoms with E-state index < -0.39 is 12.0 Å². The highest BCUT2D eigenvalue weighted by molar-refractivity contribution is 5.73. The van der Waals surface area contributed by atoms with E-state index in [1.54, 1.807) is 0 Å². The molecule has 0 saturated carbocycles. The zero-order valence-corrected chi connectivity index (χ0v) is 12.0. The average Bonchev–Trinajstić information content (AvgIpc) is 2.27. The minimum absolute atomic E-state index is 0.195. The number of carboxylic acid groups (broad SMARTS) is 1. The predicted octanol–water partition coefficient (Wildman–Crippen LogP) is 0.464. The Morgan fingerprint density at radius 1 is 1.44 bits per heavy atom. The molecule has 0 spiro atoms. The lowest BCUT2D eigenvalue weighted by Gasteiger charge is -2.40. The molecule has 18 heavy (non-hydrogen) atoms. The summed E-state index contributed by atoms with van der Waals surface area (Å²) in [5, 5.41) is 12.3. The summed E-state index contributed by atoms with van der Waals surface area (Å²) in [6, 6.07) is 0.239. The van der Waals surface area contributed by atoms with Crippen LogP contribution in [0.2, 0.25) is 0 Å². The van der Waals surface area contributed by atoms with Gasteiger partial charge in [0.25, 0.3) is 0 Å². The summed E-state index contributed by atoms with van der Waals surface area (Å²) in [6.45, 7) is 13.0. The third kappa shape index (κ3) is 4.55. The zero-order valence-electron chi connectivity index (χ0n) is 12.0. The third-order valence-corrected chi connectivity index (χ3v) is 3.53. The summed E-state index contributed by atoms with van der Waals surface area (Å²) in [6.07, 6.45) is 0. The average molecular weight is 257 g/mol. The maximum Gasteiger partial charge on any atom is 0.322 e. The molecule has 1 fully saturated rings. The zero-order chi connectivity index (χ0) is 13.7. The number of hydrogen-bond acceptors (Lipinski definition) is 4. The van der Waals surface area contributed by atoms with Crippen molar-refractivity contribution in [1.82, 2.24) is 15.1 Å². The monoisotopic (exact) mass is 257 g/mol. The first kappa shape index (κ1) is 15.4. The van der Waals surface area contributed by atoms with Crippen LogP contribution in [0.5, 0.6) is 0 Å². The fourth-order valence-corrected chi connectivity index (χ4v) is 2.57. The molecule has 0 aromatic rings. The van der Waals surface area contributed by atoms with Crippen molar-refractivity contribution < 1.29 is 9.90 Å². The van der Waals surface area contributed by atoms with Gasteiger partial charge in [-0.25, -0.2) is 0 Å². The molecule has 1 aliphatic rings. The van der Waals surface area contributed by atoms with Gasteiger partial charge in [0, 0.05) is 38.3 Å². The molecule has 2 atom stereocenters. The number of piperazine rings is 1. The van der Waals surface area contributed by atoms with Gasteiger partial charge in [-0.3, -0.25) is 14.6 Å². The van der Waals surface area contributed by atoms with E-state index in [-0.39, 0.29) is 6.04 Å². The summed E-state index contributed by atoms with van der Waals surface area (Å²) >= 11 is 0. The van der Waals surface area contributed by atoms with Crippen LogP contribution < -0.4 is 5.32 Å². The van der Waals surface area contributed by atoms with Gasteiger partial charge in [-0.05, 0) is 13.5 Å². The molecule has 2 unspecified atom stereocenters. The van der Waals surface area contributed by atoms with Crippen LogP contribution in [0.4, 0.5) is 0 Å². The van der Waals surface area contributed by atoms with Crippen LogP contribution in [0.25, 0.3) is 0 Å². The van der Waals surface area contributed by atoms with Gasteiger partial charge in [-0.15, -0.1) is 0 Å². The second-order valence-electron chi connectivity index (χ2n) is 5.45. The van der Waals surface area contributed by atoms with Gasteiger partial charge in [0.2, 0.25) is 0 Å². The van der Waals surface area contributed by atoms with Crippen molar-refractivity contribution in [1.29, 1.82) is 0 Å². The lowest BCUT2D eigenvalue weighted by molar-refractivity contribution is -0.140. The molecular formula is C13H27N3O2. The molecule has 0 amide bonds. The summed E-state index contributed by atoms with van der Waals surface area (Å²) in [7, 11) is 0. The van der Waals surface area contributed by atoms with E-state index >= 15 is 0 Å². The molecule has 1 rings (SSSR count). The smallest absolute Gasteiger partial charge is 0.322 e. The van der Waals surface area contributed by atoms with Crippen LogP contribution in [0, 0.1) is 0 Å². The molecule has 1 saturated heterocycles. The van der Waals surface area contributed by atoms with Crippen molar-refractivity contribution in [2.75, 3.05) is 32.7 Å². The first-order valence-electron chi connectivity index (χ1n) is 6.89. The topological polar surface area (TPSA) is 55.8 Å². The Balaban J connectivity index is 2.48. The number of nitrogens with one attached hydrogen (secondary N) is 1. The van der Waals surface area contributed by atoms with Crippen LogP contribution in [-0.2, 0) is 4.79 Å². The molecule has 1 aliphatic heterocycles. The standard InChI is InChI=1S/C13H27N3O2/c1-5-16-7-6-15(8-11(16)4)9-12(13(17)18)14-10(2)3/h10-12,14H,5-9H2,1-4H3,(H,17,18). The largest absolute Gasteiger partial charge is 0.480 e. The maximum atomic E-state index is 11.2. The molecule has 106 valence electrons. The molecule has 0 aliphatic carbocycles. The van der Waals surface area contributed by atoms with E-state index in [2.05, 4.69) is 29.0 Å². The molecule has 0 bridgehead atoms. The molecule has 0 radical (unpaired) electrons. The minimum Gasteiger partial charge on any atom is -0.480 e. The summed E-state index contributed by atoms with van der Waals surface area (Å²) in [5.41, 5.74) is 0. The Bertz CT molecular complexity index is 271. The first-order valence-corrected chi connectivity index (χ1v) is 6.89. The SMILES string of the molecule is CCN1CCN(CC(NC(C)C)C(=O)O)CC1C. The van der Waals surface area contributed by atoms with Crippen molar-refractivity contribution in [3.63, 3.8) is 0 Å². The number of hydrogen-bond donors (Lipinski definition) is 2. The van der Waals surface area contributed by atoms with E-state index in [0.717, 1.165) is 26.2 Å². The molecule has 2 N–H and O–H groups in total. The number of nitrogens with zero attached hydrogens (tertiary/aromatic N) is 2. The second kappa shape index (κ2) is 7.07. The van der Waals surface area contributed by atoms with Crippen molar-refractivity contribution in [2.45, 2.75) is 45.8 Å². The molecular weight excluding hydrogens is 230 g/mol. The molecule has 0 aromatic carbocycles. The van der Waals surface area contributed by atoms with Crippen LogP contribution in [0.3, 0.4) is 0 Å². The van der Waals surface area contributed by atoms with Gasteiger partial charge in [0.1, 0.15) is 6.04 Å². The second-order valence-corrected chi connectivity index (χ2v) is 5.45. The molecule has 0 aromatic heterocycles. The number of likely N-dealkylation sites (N-methyl/N-ethyl adjacent to an activating group) is 1. The quantitative estimate of drug-likeness (QED) is 0.724. The minimum atomic E-state index is -0.755. The van der Waals surface area contributed by atoms with E-state index in [4.69, 9.17) is 0 Å². The summed E-state index contributed by atoms with van der Waals surface area (Å²) in [5.74, 6) is -0.755. The first-order chi connectivity index (χ1) is 8.43. The summed E-state index contributed by atoms with van der Waals surface area (Å²) in [4.78, 5) is 15.9. The van der Waals surface area contributed by atoms with Crippen LogP contribution in [0.15, 0.2) is 0 Å². The molecule has 5 nitrogen and oxygen atoms in total. The van der Waals surface area contributed by atoms with Gasteiger partial charge in [0.05, 0.1) is 0 Å². The number of carboxylic acids is 1. The highest BCUT2D eigenvalue weighted by atomic mass is 16.4. The van der Waals surface area contributed by atoms with Gasteiger partial charge in [-0.1, -0.05) is 20.8 Å². The van der Waals surface area contributed by atoms with E-state index in [0.29, 0.717) is 12.6 Å². The fourth-order valence-electron chi connectivity index (χ4n) is 2.57. The van der Waals surface area contributed by atoms with Gasteiger partial charge in [0.15, 0.2) is 0 Å². The Kier molecular flexibility index (Phi) is 6.05. The van der Waals surface area contributed by atoms with E-state index in [9.17, 15) is 9.90 Å². The molecule has 5 heteroatoms. The maximum absolute atomic E-state index is 11.2. The fraction of sp³-hybridized carbons (Fsp3) is 0.923.